The third-order valence-corrected chi connectivity index (χ3v) is 4.82. The third-order valence-electron chi connectivity index (χ3n) is 4.82. The zero-order chi connectivity index (χ0) is 18.2. The van der Waals surface area contributed by atoms with Gasteiger partial charge in [0.25, 0.3) is 0 Å². The quantitative estimate of drug-likeness (QED) is 0.843. The minimum atomic E-state index is 0.103. The Labute approximate surface area is 148 Å². The van der Waals surface area contributed by atoms with E-state index in [1.54, 1.807) is 6.20 Å². The number of carbonyl (C=O) groups is 1. The van der Waals surface area contributed by atoms with E-state index in [0.29, 0.717) is 17.9 Å². The van der Waals surface area contributed by atoms with Crippen molar-refractivity contribution in [3.63, 3.8) is 0 Å². The monoisotopic (exact) mass is 341 g/mol. The van der Waals surface area contributed by atoms with Crippen molar-refractivity contribution in [1.29, 1.82) is 0 Å². The Balaban J connectivity index is 0.000000212. The molecule has 1 amide bonds. The van der Waals surface area contributed by atoms with Crippen molar-refractivity contribution in [2.75, 3.05) is 0 Å². The molecule has 0 saturated heterocycles. The fraction of sp³-hybridized carbons (Fsp3) is 0.450. The van der Waals surface area contributed by atoms with Crippen LogP contribution in [-0.4, -0.2) is 22.4 Å². The number of hydrogen-bond donors (Lipinski definition) is 2. The molecule has 2 aromatic heterocycles. The topological polar surface area (TPSA) is 74.8 Å². The van der Waals surface area contributed by atoms with Gasteiger partial charge in [0.1, 0.15) is 0 Å². The van der Waals surface area contributed by atoms with Gasteiger partial charge < -0.3 is 10.3 Å². The van der Waals surface area contributed by atoms with Crippen LogP contribution in [0.15, 0.2) is 41.5 Å². The molecule has 3 unspecified atom stereocenters. The SMILES string of the molecule is CC1CC(NC=O)CC(c2ccccn2)C1.Cc1[nH]ccc(=O)c1C. The molecule has 0 bridgehead atoms. The summed E-state index contributed by atoms with van der Waals surface area (Å²) in [6, 6.07) is 7.90. The van der Waals surface area contributed by atoms with E-state index in [1.165, 1.54) is 12.5 Å². The molecule has 2 N–H and O–H groups in total. The molecule has 0 aliphatic heterocycles. The average Bonchev–Trinajstić information content (AvgIpc) is 2.61. The molecule has 2 heterocycles. The lowest BCUT2D eigenvalue weighted by atomic mass is 9.78. The standard InChI is InChI=1S/C13H18N2O.C7H9NO/c1-10-6-11(8-12(7-10)15-9-16)13-4-2-3-5-14-13;1-5-6(2)8-4-3-7(5)9/h2-5,9-12H,6-8H2,1H3,(H,15,16);3-4H,1-2H3,(H,8,9). The minimum absolute atomic E-state index is 0.103. The summed E-state index contributed by atoms with van der Waals surface area (Å²) in [4.78, 5) is 28.7. The lowest BCUT2D eigenvalue weighted by Gasteiger charge is -2.32. The van der Waals surface area contributed by atoms with Crippen LogP contribution >= 0.6 is 0 Å². The van der Waals surface area contributed by atoms with Gasteiger partial charge in [-0.15, -0.1) is 0 Å². The molecule has 1 fully saturated rings. The van der Waals surface area contributed by atoms with Crippen molar-refractivity contribution in [1.82, 2.24) is 15.3 Å². The van der Waals surface area contributed by atoms with Gasteiger partial charge in [0, 0.05) is 47.4 Å². The number of aryl methyl sites for hydroxylation is 1. The fourth-order valence-corrected chi connectivity index (χ4v) is 3.36. The van der Waals surface area contributed by atoms with E-state index in [1.807, 2.05) is 32.2 Å². The fourth-order valence-electron chi connectivity index (χ4n) is 3.36. The number of aromatic amines is 1. The lowest BCUT2D eigenvalue weighted by Crippen LogP contribution is -2.35. The van der Waals surface area contributed by atoms with E-state index in [0.717, 1.165) is 36.2 Å². The molecule has 3 rings (SSSR count). The number of amides is 1. The molecule has 3 atom stereocenters. The van der Waals surface area contributed by atoms with Crippen LogP contribution in [0.3, 0.4) is 0 Å². The molecule has 1 aliphatic rings. The first-order valence-electron chi connectivity index (χ1n) is 8.76. The first-order chi connectivity index (χ1) is 12.0. The smallest absolute Gasteiger partial charge is 0.207 e. The molecular formula is C20H27N3O2. The Morgan fingerprint density at radius 1 is 1.20 bits per heavy atom. The Morgan fingerprint density at radius 2 is 2.00 bits per heavy atom. The molecule has 5 nitrogen and oxygen atoms in total. The molecule has 1 saturated carbocycles. The van der Waals surface area contributed by atoms with Gasteiger partial charge in [-0.3, -0.25) is 14.6 Å². The van der Waals surface area contributed by atoms with Crippen LogP contribution in [0.2, 0.25) is 0 Å². The van der Waals surface area contributed by atoms with E-state index < -0.39 is 0 Å². The third kappa shape index (κ3) is 5.55. The average molecular weight is 341 g/mol. The summed E-state index contributed by atoms with van der Waals surface area (Å²) in [7, 11) is 0. The summed E-state index contributed by atoms with van der Waals surface area (Å²) in [6.45, 7) is 5.94. The minimum Gasteiger partial charge on any atom is -0.365 e. The highest BCUT2D eigenvalue weighted by Crippen LogP contribution is 2.34. The highest BCUT2D eigenvalue weighted by molar-refractivity contribution is 5.46. The number of nitrogens with one attached hydrogen (secondary N) is 2. The van der Waals surface area contributed by atoms with Gasteiger partial charge in [-0.05, 0) is 51.2 Å². The first kappa shape index (κ1) is 18.9. The second kappa shape index (κ2) is 9.16. The van der Waals surface area contributed by atoms with Gasteiger partial charge >= 0.3 is 0 Å². The van der Waals surface area contributed by atoms with Gasteiger partial charge in [-0.2, -0.15) is 0 Å². The van der Waals surface area contributed by atoms with Crippen molar-refractivity contribution < 1.29 is 4.79 Å². The van der Waals surface area contributed by atoms with Gasteiger partial charge in [0.05, 0.1) is 0 Å². The van der Waals surface area contributed by atoms with Crippen LogP contribution in [0.1, 0.15) is 49.1 Å². The van der Waals surface area contributed by atoms with Crippen LogP contribution < -0.4 is 10.7 Å². The Kier molecular flexibility index (Phi) is 6.92. The van der Waals surface area contributed by atoms with Crippen LogP contribution in [0.4, 0.5) is 0 Å². The Hall–Kier alpha value is -2.43. The van der Waals surface area contributed by atoms with Crippen molar-refractivity contribution in [3.8, 4) is 0 Å². The Morgan fingerprint density at radius 3 is 2.60 bits per heavy atom. The van der Waals surface area contributed by atoms with E-state index in [4.69, 9.17) is 0 Å². The summed E-state index contributed by atoms with van der Waals surface area (Å²) in [5.41, 5.74) is 3.01. The molecule has 2 aromatic rings. The predicted octanol–water partition coefficient (Wildman–Crippen LogP) is 3.09. The summed E-state index contributed by atoms with van der Waals surface area (Å²) < 4.78 is 0. The van der Waals surface area contributed by atoms with Gasteiger partial charge in [0.15, 0.2) is 5.43 Å². The van der Waals surface area contributed by atoms with Gasteiger partial charge in [0.2, 0.25) is 6.41 Å². The first-order valence-corrected chi connectivity index (χ1v) is 8.76. The largest absolute Gasteiger partial charge is 0.365 e. The van der Waals surface area contributed by atoms with Crippen LogP contribution in [0.5, 0.6) is 0 Å². The summed E-state index contributed by atoms with van der Waals surface area (Å²) in [6.07, 6.45) is 7.59. The zero-order valence-electron chi connectivity index (χ0n) is 15.2. The number of H-pyrrole nitrogens is 1. The summed E-state index contributed by atoms with van der Waals surface area (Å²) in [5.74, 6) is 1.14. The number of nitrogens with zero attached hydrogens (tertiary/aromatic N) is 1. The van der Waals surface area contributed by atoms with Gasteiger partial charge in [-0.1, -0.05) is 13.0 Å². The molecule has 134 valence electrons. The van der Waals surface area contributed by atoms with Crippen molar-refractivity contribution in [2.24, 2.45) is 5.92 Å². The molecule has 0 spiro atoms. The number of aromatic nitrogens is 2. The van der Waals surface area contributed by atoms with Crippen LogP contribution in [0, 0.1) is 19.8 Å². The number of rotatable bonds is 3. The van der Waals surface area contributed by atoms with E-state index in [2.05, 4.69) is 28.3 Å². The molecular weight excluding hydrogens is 314 g/mol. The summed E-state index contributed by atoms with van der Waals surface area (Å²) in [5, 5.41) is 2.91. The van der Waals surface area contributed by atoms with Crippen molar-refractivity contribution in [2.45, 2.75) is 52.0 Å². The lowest BCUT2D eigenvalue weighted by molar-refractivity contribution is -0.110. The maximum atomic E-state index is 10.8. The highest BCUT2D eigenvalue weighted by atomic mass is 16.1. The van der Waals surface area contributed by atoms with Crippen molar-refractivity contribution in [3.05, 3.63) is 63.8 Å². The van der Waals surface area contributed by atoms with Crippen LogP contribution in [-0.2, 0) is 4.79 Å². The summed E-state index contributed by atoms with van der Waals surface area (Å²) >= 11 is 0. The van der Waals surface area contributed by atoms with E-state index in [-0.39, 0.29) is 5.43 Å². The Bertz CT molecular complexity index is 727. The number of hydrogen-bond acceptors (Lipinski definition) is 3. The molecule has 25 heavy (non-hydrogen) atoms. The zero-order valence-corrected chi connectivity index (χ0v) is 15.2. The highest BCUT2D eigenvalue weighted by Gasteiger charge is 2.27. The second-order valence-corrected chi connectivity index (χ2v) is 6.84. The second-order valence-electron chi connectivity index (χ2n) is 6.84. The predicted molar refractivity (Wildman–Crippen MR) is 99.5 cm³/mol. The maximum Gasteiger partial charge on any atom is 0.207 e. The van der Waals surface area contributed by atoms with E-state index in [9.17, 15) is 9.59 Å². The number of pyridine rings is 2. The molecule has 5 heteroatoms. The molecule has 1 aliphatic carbocycles. The van der Waals surface area contributed by atoms with Crippen molar-refractivity contribution >= 4 is 6.41 Å². The van der Waals surface area contributed by atoms with Crippen LogP contribution in [0.25, 0.3) is 0 Å². The molecule has 0 radical (unpaired) electrons. The normalized spacial score (nSPS) is 22.4. The number of carbonyl (C=O) groups excluding carboxylic acids is 1. The van der Waals surface area contributed by atoms with Gasteiger partial charge in [-0.25, -0.2) is 0 Å². The molecule has 0 aromatic carbocycles. The maximum absolute atomic E-state index is 10.8. The van der Waals surface area contributed by atoms with E-state index >= 15 is 0 Å².